The molecule has 0 saturated carbocycles. The van der Waals surface area contributed by atoms with E-state index in [-0.39, 0.29) is 5.91 Å². The predicted octanol–water partition coefficient (Wildman–Crippen LogP) is 5.47. The van der Waals surface area contributed by atoms with Gasteiger partial charge >= 0.3 is 0 Å². The number of nitrogens with zero attached hydrogens (tertiary/aromatic N) is 1. The summed E-state index contributed by atoms with van der Waals surface area (Å²) in [6.07, 6.45) is 7.34. The highest BCUT2D eigenvalue weighted by Crippen LogP contribution is 2.39. The first-order valence-electron chi connectivity index (χ1n) is 11.8. The van der Waals surface area contributed by atoms with Gasteiger partial charge in [-0.05, 0) is 73.1 Å². The largest absolute Gasteiger partial charge is 0.457 e. The van der Waals surface area contributed by atoms with Crippen molar-refractivity contribution in [1.29, 1.82) is 0 Å². The molecule has 178 valence electrons. The van der Waals surface area contributed by atoms with E-state index >= 15 is 0 Å². The molecule has 0 bridgehead atoms. The number of nitrogens with two attached hydrogens (primary N) is 1. The van der Waals surface area contributed by atoms with Crippen LogP contribution in [0.3, 0.4) is 0 Å². The second-order valence-corrected chi connectivity index (χ2v) is 9.54. The van der Waals surface area contributed by atoms with Gasteiger partial charge in [-0.3, -0.25) is 4.79 Å². The molecule has 3 heterocycles. The number of fused-ring (bicyclic) bond motifs is 1. The van der Waals surface area contributed by atoms with Gasteiger partial charge in [-0.2, -0.15) is 0 Å². The Kier molecular flexibility index (Phi) is 7.07. The average Bonchev–Trinajstić information content (AvgIpc) is 3.35. The number of piperidine rings is 1. The minimum Gasteiger partial charge on any atom is -0.457 e. The molecule has 1 aliphatic rings. The minimum absolute atomic E-state index is 0.0840. The molecule has 6 nitrogen and oxygen atoms in total. The summed E-state index contributed by atoms with van der Waals surface area (Å²) < 4.78 is 6.92. The van der Waals surface area contributed by atoms with Crippen molar-refractivity contribution in [3.8, 4) is 22.6 Å². The van der Waals surface area contributed by atoms with E-state index in [9.17, 15) is 4.79 Å². The highest BCUT2D eigenvalue weighted by molar-refractivity contribution is 7.18. The summed E-state index contributed by atoms with van der Waals surface area (Å²) in [5.41, 5.74) is 9.22. The van der Waals surface area contributed by atoms with Crippen molar-refractivity contribution >= 4 is 39.2 Å². The Morgan fingerprint density at radius 1 is 1.11 bits per heavy atom. The smallest absolute Gasteiger partial charge is 0.244 e. The molecule has 2 aromatic heterocycles. The van der Waals surface area contributed by atoms with Crippen molar-refractivity contribution in [2.24, 2.45) is 5.92 Å². The third kappa shape index (κ3) is 5.53. The summed E-state index contributed by atoms with van der Waals surface area (Å²) in [7, 11) is 0. The van der Waals surface area contributed by atoms with Crippen LogP contribution in [0, 0.1) is 5.92 Å². The molecular weight excluding hydrogens is 456 g/mol. The van der Waals surface area contributed by atoms with Crippen LogP contribution in [0.25, 0.3) is 27.3 Å². The molecule has 5 rings (SSSR count). The van der Waals surface area contributed by atoms with Crippen molar-refractivity contribution < 1.29 is 9.53 Å². The van der Waals surface area contributed by atoms with E-state index in [1.54, 1.807) is 23.6 Å². The maximum Gasteiger partial charge on any atom is 0.244 e. The van der Waals surface area contributed by atoms with Gasteiger partial charge in [-0.1, -0.05) is 30.3 Å². The van der Waals surface area contributed by atoms with Crippen molar-refractivity contribution in [1.82, 2.24) is 15.6 Å². The number of nitrogen functional groups attached to an aromatic ring is 1. The Bertz CT molecular complexity index is 1330. The molecule has 0 atom stereocenters. The van der Waals surface area contributed by atoms with Crippen molar-refractivity contribution in [3.63, 3.8) is 0 Å². The Morgan fingerprint density at radius 3 is 2.63 bits per heavy atom. The lowest BCUT2D eigenvalue weighted by Crippen LogP contribution is -2.35. The summed E-state index contributed by atoms with van der Waals surface area (Å²) in [5.74, 6) is 2.51. The number of para-hydroxylation sites is 1. The van der Waals surface area contributed by atoms with E-state index in [0.29, 0.717) is 18.3 Å². The lowest BCUT2D eigenvalue weighted by Gasteiger charge is -2.22. The predicted molar refractivity (Wildman–Crippen MR) is 144 cm³/mol. The first kappa shape index (κ1) is 23.1. The van der Waals surface area contributed by atoms with Crippen LogP contribution in [0.1, 0.15) is 18.4 Å². The molecule has 7 heteroatoms. The number of pyridine rings is 1. The fourth-order valence-electron chi connectivity index (χ4n) is 4.30. The van der Waals surface area contributed by atoms with Crippen LogP contribution in [-0.2, 0) is 4.79 Å². The maximum absolute atomic E-state index is 12.4. The third-order valence-electron chi connectivity index (χ3n) is 6.23. The number of rotatable bonds is 7. The number of ether oxygens (including phenoxy) is 1. The number of thiophene rings is 1. The van der Waals surface area contributed by atoms with Crippen LogP contribution in [0.5, 0.6) is 11.5 Å². The molecule has 1 fully saturated rings. The summed E-state index contributed by atoms with van der Waals surface area (Å²) in [5, 5.41) is 9.37. The average molecular weight is 485 g/mol. The Balaban J connectivity index is 1.32. The number of hydrogen-bond acceptors (Lipinski definition) is 6. The number of amides is 1. The molecule has 35 heavy (non-hydrogen) atoms. The molecular formula is C28H28N4O2S. The Labute approximate surface area is 208 Å². The standard InChI is InChI=1S/C28H28N4O2S/c29-28-26-24(20-6-9-23(10-7-20)34-22-4-2-1-3-5-22)18-35-27(26)21(17-32-28)8-11-25(33)31-16-19-12-14-30-15-13-19/h1-11,17-19,30H,12-16H2,(H2,29,32)(H,31,33). The lowest BCUT2D eigenvalue weighted by atomic mass is 9.98. The number of carbonyl (C=O) groups excluding carboxylic acids is 1. The topological polar surface area (TPSA) is 89.3 Å². The molecule has 0 aliphatic carbocycles. The second-order valence-electron chi connectivity index (χ2n) is 8.66. The first-order chi connectivity index (χ1) is 17.2. The molecule has 1 aliphatic heterocycles. The number of benzene rings is 2. The van der Waals surface area contributed by atoms with Gasteiger partial charge < -0.3 is 21.1 Å². The van der Waals surface area contributed by atoms with Gasteiger partial charge in [-0.15, -0.1) is 11.3 Å². The molecule has 1 amide bonds. The van der Waals surface area contributed by atoms with E-state index in [2.05, 4.69) is 21.0 Å². The van der Waals surface area contributed by atoms with Gasteiger partial charge in [0.2, 0.25) is 5.91 Å². The Morgan fingerprint density at radius 2 is 1.86 bits per heavy atom. The molecule has 4 N–H and O–H groups in total. The van der Waals surface area contributed by atoms with Crippen LogP contribution >= 0.6 is 11.3 Å². The molecule has 2 aromatic carbocycles. The summed E-state index contributed by atoms with van der Waals surface area (Å²) in [6.45, 7) is 2.76. The van der Waals surface area contributed by atoms with Gasteiger partial charge in [0.15, 0.2) is 0 Å². The number of aromatic nitrogens is 1. The van der Waals surface area contributed by atoms with Gasteiger partial charge in [0.25, 0.3) is 0 Å². The first-order valence-corrected chi connectivity index (χ1v) is 12.7. The van der Waals surface area contributed by atoms with Crippen LogP contribution in [0.4, 0.5) is 5.82 Å². The molecule has 1 saturated heterocycles. The van der Waals surface area contributed by atoms with Crippen LogP contribution in [0.15, 0.2) is 72.3 Å². The second kappa shape index (κ2) is 10.7. The number of carbonyl (C=O) groups is 1. The quantitative estimate of drug-likeness (QED) is 0.303. The van der Waals surface area contributed by atoms with Gasteiger partial charge in [0.05, 0.1) is 0 Å². The zero-order valence-corrected chi connectivity index (χ0v) is 20.2. The lowest BCUT2D eigenvalue weighted by molar-refractivity contribution is -0.116. The zero-order valence-electron chi connectivity index (χ0n) is 19.4. The van der Waals surface area contributed by atoms with Gasteiger partial charge in [-0.25, -0.2) is 4.98 Å². The van der Waals surface area contributed by atoms with E-state index in [4.69, 9.17) is 10.5 Å². The summed E-state index contributed by atoms with van der Waals surface area (Å²) in [4.78, 5) is 16.8. The van der Waals surface area contributed by atoms with Crippen LogP contribution in [0.2, 0.25) is 0 Å². The highest BCUT2D eigenvalue weighted by Gasteiger charge is 2.15. The van der Waals surface area contributed by atoms with Crippen molar-refractivity contribution in [2.45, 2.75) is 12.8 Å². The fourth-order valence-corrected chi connectivity index (χ4v) is 5.38. The summed E-state index contributed by atoms with van der Waals surface area (Å²) in [6, 6.07) is 17.7. The highest BCUT2D eigenvalue weighted by atomic mass is 32.1. The molecule has 0 radical (unpaired) electrons. The van der Waals surface area contributed by atoms with E-state index in [0.717, 1.165) is 64.2 Å². The van der Waals surface area contributed by atoms with Crippen LogP contribution < -0.4 is 21.1 Å². The number of hydrogen-bond donors (Lipinski definition) is 3. The summed E-state index contributed by atoms with van der Waals surface area (Å²) >= 11 is 1.60. The number of anilines is 1. The molecule has 0 spiro atoms. The normalized spacial score (nSPS) is 14.4. The van der Waals surface area contributed by atoms with Crippen molar-refractivity contribution in [2.75, 3.05) is 25.4 Å². The molecule has 4 aromatic rings. The van der Waals surface area contributed by atoms with Crippen molar-refractivity contribution in [3.05, 3.63) is 77.8 Å². The number of nitrogens with one attached hydrogen (secondary N) is 2. The Hall–Kier alpha value is -3.68. The van der Waals surface area contributed by atoms with Crippen LogP contribution in [-0.4, -0.2) is 30.5 Å². The van der Waals surface area contributed by atoms with Gasteiger partial charge in [0, 0.05) is 40.0 Å². The van der Waals surface area contributed by atoms with Gasteiger partial charge in [0.1, 0.15) is 17.3 Å². The van der Waals surface area contributed by atoms with E-state index < -0.39 is 0 Å². The van der Waals surface area contributed by atoms with E-state index in [1.165, 1.54) is 0 Å². The maximum atomic E-state index is 12.4. The zero-order chi connectivity index (χ0) is 24.0. The van der Waals surface area contributed by atoms with E-state index in [1.807, 2.05) is 60.7 Å². The third-order valence-corrected chi connectivity index (χ3v) is 7.26. The minimum atomic E-state index is -0.0840. The fraction of sp³-hybridized carbons (Fsp3) is 0.214. The monoisotopic (exact) mass is 484 g/mol. The SMILES string of the molecule is Nc1ncc(C=CC(=O)NCC2CCNCC2)c2scc(-c3ccc(Oc4ccccc4)cc3)c12. The molecule has 0 unspecified atom stereocenters.